The van der Waals surface area contributed by atoms with E-state index < -0.39 is 10.0 Å². The minimum atomic E-state index is -3.92. The van der Waals surface area contributed by atoms with Crippen LogP contribution in [0.1, 0.15) is 65.7 Å². The number of fused-ring (bicyclic) bond motifs is 4. The molecule has 5 atom stereocenters. The fraction of sp³-hybridized carbons (Fsp3) is 0.724. The van der Waals surface area contributed by atoms with Crippen molar-refractivity contribution in [3.8, 4) is 11.5 Å². The number of rotatable bonds is 5. The smallest absolute Gasteiger partial charge is 0.246 e. The maximum Gasteiger partial charge on any atom is 0.246 e. The van der Waals surface area contributed by atoms with Crippen molar-refractivity contribution in [2.75, 3.05) is 33.9 Å². The lowest BCUT2D eigenvalue weighted by Gasteiger charge is -2.50. The number of nitrogens with zero attached hydrogens (tertiary/aromatic N) is 2. The maximum atomic E-state index is 13.9. The molecule has 0 radical (unpaired) electrons. The number of benzene rings is 1. The van der Waals surface area contributed by atoms with Gasteiger partial charge in [0.2, 0.25) is 21.8 Å². The van der Waals surface area contributed by atoms with E-state index in [0.717, 1.165) is 19.3 Å². The third kappa shape index (κ3) is 6.71. The van der Waals surface area contributed by atoms with Gasteiger partial charge >= 0.3 is 0 Å². The number of carbonyl (C=O) groups is 2. The molecule has 0 aromatic heterocycles. The Morgan fingerprint density at radius 1 is 1.02 bits per heavy atom. The van der Waals surface area contributed by atoms with Crippen molar-refractivity contribution < 1.29 is 27.5 Å². The second kappa shape index (κ2) is 12.9. The second-order valence-electron chi connectivity index (χ2n) is 12.1. The van der Waals surface area contributed by atoms with Gasteiger partial charge in [0, 0.05) is 56.7 Å². The lowest BCUT2D eigenvalue weighted by molar-refractivity contribution is -0.141. The molecule has 1 N–H and O–H groups in total. The van der Waals surface area contributed by atoms with Crippen LogP contribution in [0.3, 0.4) is 0 Å². The largest absolute Gasteiger partial charge is 0.495 e. The molecule has 3 heterocycles. The van der Waals surface area contributed by atoms with E-state index in [1.54, 1.807) is 0 Å². The molecular weight excluding hydrogens is 554 g/mol. The Morgan fingerprint density at radius 3 is 2.42 bits per heavy atom. The number of piperidine rings is 2. The molecule has 2 amide bonds. The van der Waals surface area contributed by atoms with E-state index in [4.69, 9.17) is 21.1 Å². The van der Waals surface area contributed by atoms with Crippen LogP contribution in [0.25, 0.3) is 0 Å². The van der Waals surface area contributed by atoms with Crippen molar-refractivity contribution in [2.24, 2.45) is 23.7 Å². The molecule has 9 nitrogen and oxygen atoms in total. The molecule has 40 heavy (non-hydrogen) atoms. The molecule has 0 spiro atoms. The number of sulfonamides is 1. The Kier molecular flexibility index (Phi) is 9.94. The molecule has 0 aliphatic carbocycles. The fourth-order valence-electron chi connectivity index (χ4n) is 6.63. The first-order valence-electron chi connectivity index (χ1n) is 14.4. The monoisotopic (exact) mass is 597 g/mol. The molecule has 4 rings (SSSR count). The summed E-state index contributed by atoms with van der Waals surface area (Å²) in [5.41, 5.74) is 0. The van der Waals surface area contributed by atoms with Crippen LogP contribution in [-0.2, 0) is 19.6 Å². The highest BCUT2D eigenvalue weighted by Gasteiger charge is 2.46. The molecule has 3 aliphatic heterocycles. The normalized spacial score (nSPS) is 29.1. The highest BCUT2D eigenvalue weighted by atomic mass is 35.5. The summed E-state index contributed by atoms with van der Waals surface area (Å²) >= 11 is 6.23. The number of methoxy groups -OCH3 is 2. The van der Waals surface area contributed by atoms with Gasteiger partial charge in [-0.25, -0.2) is 8.42 Å². The summed E-state index contributed by atoms with van der Waals surface area (Å²) in [4.78, 5) is 28.4. The van der Waals surface area contributed by atoms with Gasteiger partial charge in [-0.3, -0.25) is 9.59 Å². The average molecular weight is 598 g/mol. The van der Waals surface area contributed by atoms with Gasteiger partial charge in [0.25, 0.3) is 0 Å². The number of hydrogen-bond donors (Lipinski definition) is 1. The summed E-state index contributed by atoms with van der Waals surface area (Å²) in [7, 11) is -1.07. The van der Waals surface area contributed by atoms with Crippen molar-refractivity contribution in [2.45, 2.75) is 82.7 Å². The van der Waals surface area contributed by atoms with E-state index >= 15 is 0 Å². The Morgan fingerprint density at radius 2 is 1.75 bits per heavy atom. The molecule has 224 valence electrons. The SMILES string of the molecule is COc1cc(S(=O)(=O)N2C[C@@H]3C[C@@H](C2)[C@@H]2CCCC(=O)N[C@H](C(C)C)CC[C@@H](C)CC(=O)N2C3)c(OC)cc1Cl. The first-order chi connectivity index (χ1) is 18.9. The molecular formula is C29H44ClN3O6S. The third-order valence-electron chi connectivity index (χ3n) is 8.86. The quantitative estimate of drug-likeness (QED) is 0.542. The highest BCUT2D eigenvalue weighted by Crippen LogP contribution is 2.41. The van der Waals surface area contributed by atoms with Gasteiger partial charge < -0.3 is 19.7 Å². The van der Waals surface area contributed by atoms with Crippen molar-refractivity contribution in [1.29, 1.82) is 0 Å². The molecule has 3 fully saturated rings. The zero-order valence-electron chi connectivity index (χ0n) is 24.3. The maximum absolute atomic E-state index is 13.9. The van der Waals surface area contributed by atoms with Gasteiger partial charge in [-0.2, -0.15) is 4.31 Å². The van der Waals surface area contributed by atoms with Crippen LogP contribution in [0.5, 0.6) is 11.5 Å². The summed E-state index contributed by atoms with van der Waals surface area (Å²) in [5, 5.41) is 3.48. The summed E-state index contributed by atoms with van der Waals surface area (Å²) in [6.45, 7) is 7.51. The van der Waals surface area contributed by atoms with E-state index in [2.05, 4.69) is 26.1 Å². The van der Waals surface area contributed by atoms with Gasteiger partial charge in [0.15, 0.2) is 0 Å². The van der Waals surface area contributed by atoms with Crippen molar-refractivity contribution in [3.05, 3.63) is 17.2 Å². The van der Waals surface area contributed by atoms with Crippen molar-refractivity contribution >= 4 is 33.4 Å². The van der Waals surface area contributed by atoms with E-state index in [-0.39, 0.29) is 63.1 Å². The number of carbonyl (C=O) groups excluding carboxylic acids is 2. The molecule has 1 aromatic rings. The van der Waals surface area contributed by atoms with Gasteiger partial charge in [0.1, 0.15) is 16.4 Å². The number of nitrogens with one attached hydrogen (secondary N) is 1. The van der Waals surface area contributed by atoms with Crippen LogP contribution in [0.15, 0.2) is 17.0 Å². The van der Waals surface area contributed by atoms with Crippen LogP contribution >= 0.6 is 11.6 Å². The van der Waals surface area contributed by atoms with Gasteiger partial charge in [-0.15, -0.1) is 0 Å². The van der Waals surface area contributed by atoms with Crippen molar-refractivity contribution in [3.63, 3.8) is 0 Å². The average Bonchev–Trinajstić information content (AvgIpc) is 2.91. The Labute approximate surface area is 243 Å². The number of halogens is 1. The van der Waals surface area contributed by atoms with Gasteiger partial charge in [-0.05, 0) is 55.8 Å². The topological polar surface area (TPSA) is 105 Å². The molecule has 0 unspecified atom stereocenters. The highest BCUT2D eigenvalue weighted by molar-refractivity contribution is 7.89. The zero-order valence-corrected chi connectivity index (χ0v) is 25.9. The van der Waals surface area contributed by atoms with Crippen molar-refractivity contribution in [1.82, 2.24) is 14.5 Å². The van der Waals surface area contributed by atoms with Crippen LogP contribution in [0.2, 0.25) is 5.02 Å². The fourth-order valence-corrected chi connectivity index (χ4v) is 8.59. The molecule has 3 saturated heterocycles. The number of amides is 2. The zero-order chi connectivity index (χ0) is 29.2. The lowest BCUT2D eigenvalue weighted by Crippen LogP contribution is -2.60. The molecule has 0 saturated carbocycles. The lowest BCUT2D eigenvalue weighted by atomic mass is 9.78. The van der Waals surface area contributed by atoms with Crippen LogP contribution in [0.4, 0.5) is 0 Å². The number of ether oxygens (including phenoxy) is 2. The van der Waals surface area contributed by atoms with Crippen LogP contribution < -0.4 is 14.8 Å². The molecule has 11 heteroatoms. The standard InChI is InChI=1S/C29H44ClN3O6S/c1-18(2)23-10-9-19(3)11-29(35)33-16-20-12-21(24(33)7-6-8-28(34)31-23)17-32(15-20)40(36,37)27-14-25(38-4)22(30)13-26(27)39-5/h13-14,18-21,23-24H,6-12,15-17H2,1-5H3,(H,31,34)/t19-,20+,21+,23+,24+/m1/s1. The Bertz CT molecular complexity index is 1190. The van der Waals surface area contributed by atoms with Gasteiger partial charge in [0.05, 0.1) is 19.2 Å². The third-order valence-corrected chi connectivity index (χ3v) is 11.0. The first kappa shape index (κ1) is 30.9. The summed E-state index contributed by atoms with van der Waals surface area (Å²) in [6, 6.07) is 2.88. The molecule has 1 aromatic carbocycles. The molecule has 3 aliphatic rings. The Balaban J connectivity index is 1.59. The number of hydrogen-bond acceptors (Lipinski definition) is 6. The molecule has 2 bridgehead atoms. The summed E-state index contributed by atoms with van der Waals surface area (Å²) in [6.07, 6.45) is 4.78. The summed E-state index contributed by atoms with van der Waals surface area (Å²) < 4.78 is 40.1. The van der Waals surface area contributed by atoms with E-state index in [9.17, 15) is 18.0 Å². The Hall–Kier alpha value is -2.04. The summed E-state index contributed by atoms with van der Waals surface area (Å²) in [5.74, 6) is 1.18. The minimum Gasteiger partial charge on any atom is -0.495 e. The van der Waals surface area contributed by atoms with E-state index in [1.165, 1.54) is 30.7 Å². The minimum absolute atomic E-state index is 0.0154. The van der Waals surface area contributed by atoms with Crippen LogP contribution in [-0.4, -0.2) is 75.4 Å². The first-order valence-corrected chi connectivity index (χ1v) is 16.3. The second-order valence-corrected chi connectivity index (χ2v) is 14.4. The van der Waals surface area contributed by atoms with Gasteiger partial charge in [-0.1, -0.05) is 32.4 Å². The predicted molar refractivity (Wildman–Crippen MR) is 154 cm³/mol. The predicted octanol–water partition coefficient (Wildman–Crippen LogP) is 4.33. The van der Waals surface area contributed by atoms with Crippen LogP contribution in [0, 0.1) is 23.7 Å². The van der Waals surface area contributed by atoms with E-state index in [1.807, 2.05) is 4.90 Å². The van der Waals surface area contributed by atoms with E-state index in [0.29, 0.717) is 51.2 Å².